The van der Waals surface area contributed by atoms with Gasteiger partial charge < -0.3 is 4.52 Å². The van der Waals surface area contributed by atoms with E-state index in [2.05, 4.69) is 10.1 Å². The lowest BCUT2D eigenvalue weighted by Gasteiger charge is -2.19. The summed E-state index contributed by atoms with van der Waals surface area (Å²) in [5, 5.41) is 3.56. The smallest absolute Gasteiger partial charge is 0.334 e. The number of halogens is 6. The van der Waals surface area contributed by atoms with Crippen LogP contribution in [0.3, 0.4) is 0 Å². The largest absolute Gasteiger partial charge is 0.354 e. The second kappa shape index (κ2) is 8.34. The van der Waals surface area contributed by atoms with Crippen LogP contribution in [-0.2, 0) is 22.5 Å². The summed E-state index contributed by atoms with van der Waals surface area (Å²) in [6.45, 7) is 0.812. The first kappa shape index (κ1) is 24.8. The molecule has 4 heterocycles. The fraction of sp³-hybridized carbons (Fsp3) is 0.250. The van der Waals surface area contributed by atoms with Crippen molar-refractivity contribution in [1.29, 1.82) is 0 Å². The van der Waals surface area contributed by atoms with Gasteiger partial charge in [-0.2, -0.15) is 8.78 Å². The van der Waals surface area contributed by atoms with Gasteiger partial charge in [-0.3, -0.25) is 9.55 Å². The summed E-state index contributed by atoms with van der Waals surface area (Å²) in [4.78, 5) is 17.2. The van der Waals surface area contributed by atoms with E-state index >= 15 is 8.78 Å². The van der Waals surface area contributed by atoms with Crippen molar-refractivity contribution in [2.24, 2.45) is 0 Å². The van der Waals surface area contributed by atoms with Crippen molar-refractivity contribution < 1.29 is 34.9 Å². The molecule has 4 aromatic rings. The van der Waals surface area contributed by atoms with Crippen molar-refractivity contribution in [3.63, 3.8) is 0 Å². The van der Waals surface area contributed by atoms with Crippen molar-refractivity contribution in [1.82, 2.24) is 24.0 Å². The van der Waals surface area contributed by atoms with Gasteiger partial charge >= 0.3 is 11.6 Å². The molecule has 9 nitrogen and oxygen atoms in total. The minimum absolute atomic E-state index is 0.0617. The third kappa shape index (κ3) is 3.81. The first-order chi connectivity index (χ1) is 16.8. The Morgan fingerprint density at radius 3 is 2.50 bits per heavy atom. The van der Waals surface area contributed by atoms with Gasteiger partial charge in [-0.15, -0.1) is 0 Å². The van der Waals surface area contributed by atoms with Gasteiger partial charge in [0.25, 0.3) is 0 Å². The highest BCUT2D eigenvalue weighted by Gasteiger charge is 2.52. The van der Waals surface area contributed by atoms with Crippen LogP contribution in [0.1, 0.15) is 11.4 Å². The van der Waals surface area contributed by atoms with Crippen molar-refractivity contribution >= 4 is 43.6 Å². The predicted octanol–water partition coefficient (Wildman–Crippen LogP) is 3.35. The second-order valence-corrected chi connectivity index (χ2v) is 11.6. The minimum Gasteiger partial charge on any atom is -0.354 e. The van der Waals surface area contributed by atoms with Crippen LogP contribution in [0.2, 0.25) is 0 Å². The number of alkyl halides is 3. The molecule has 0 saturated carbocycles. The van der Waals surface area contributed by atoms with E-state index in [1.165, 1.54) is 35.6 Å². The summed E-state index contributed by atoms with van der Waals surface area (Å²) in [6, 6.07) is 0.342. The van der Waals surface area contributed by atoms with Crippen LogP contribution >= 0.6 is 22.6 Å². The first-order valence-electron chi connectivity index (χ1n) is 10.0. The fourth-order valence-electron chi connectivity index (χ4n) is 4.09. The molecule has 0 unspecified atom stereocenters. The fourth-order valence-corrected chi connectivity index (χ4v) is 5.35. The van der Waals surface area contributed by atoms with E-state index in [-0.39, 0.29) is 28.2 Å². The maximum Gasteiger partial charge on any atom is 0.334 e. The summed E-state index contributed by atoms with van der Waals surface area (Å²) < 4.78 is 104. The SMILES string of the molecule is Cc1cc2onc(-n3cc4n(c3=O)C[C@@H](NS(=O)(=O)CI)C4(F)F)c2c(-c2c(F)cc(F)cc2F)n1. The van der Waals surface area contributed by atoms with Crippen LogP contribution in [0, 0.1) is 24.4 Å². The number of hydrogen-bond donors (Lipinski definition) is 1. The maximum atomic E-state index is 15.1. The van der Waals surface area contributed by atoms with E-state index in [9.17, 15) is 26.4 Å². The number of aryl methyl sites for hydroxylation is 1. The molecule has 36 heavy (non-hydrogen) atoms. The van der Waals surface area contributed by atoms with Gasteiger partial charge in [0.15, 0.2) is 11.4 Å². The highest BCUT2D eigenvalue weighted by molar-refractivity contribution is 14.1. The van der Waals surface area contributed by atoms with Gasteiger partial charge in [-0.05, 0) is 6.92 Å². The number of rotatable bonds is 5. The molecule has 0 saturated heterocycles. The Balaban J connectivity index is 1.70. The molecule has 1 aliphatic heterocycles. The van der Waals surface area contributed by atoms with E-state index in [0.717, 1.165) is 6.20 Å². The third-order valence-electron chi connectivity index (χ3n) is 5.63. The Kier molecular flexibility index (Phi) is 5.75. The lowest BCUT2D eigenvalue weighted by Crippen LogP contribution is -2.44. The molecule has 0 radical (unpaired) electrons. The molecule has 1 N–H and O–H groups in total. The van der Waals surface area contributed by atoms with Gasteiger partial charge in [-0.1, -0.05) is 27.7 Å². The number of imidazole rings is 1. The molecule has 0 aliphatic carbocycles. The highest BCUT2D eigenvalue weighted by atomic mass is 127. The molecule has 1 aliphatic rings. The lowest BCUT2D eigenvalue weighted by molar-refractivity contribution is -0.0248. The number of pyridine rings is 1. The normalized spacial score (nSPS) is 17.1. The Bertz CT molecular complexity index is 1690. The monoisotopic (exact) mass is 641 g/mol. The zero-order valence-corrected chi connectivity index (χ0v) is 20.9. The minimum atomic E-state index is -4.02. The Labute approximate surface area is 212 Å². The van der Waals surface area contributed by atoms with E-state index in [1.807, 2.05) is 4.72 Å². The average molecular weight is 641 g/mol. The lowest BCUT2D eigenvalue weighted by atomic mass is 10.1. The summed E-state index contributed by atoms with van der Waals surface area (Å²) >= 11 is 1.50. The van der Waals surface area contributed by atoms with E-state index in [1.54, 1.807) is 0 Å². The van der Waals surface area contributed by atoms with Crippen molar-refractivity contribution in [3.8, 4) is 17.1 Å². The molecule has 1 atom stereocenters. The molecular formula is C20H13F5IN5O4S. The number of nitrogens with one attached hydrogen (secondary N) is 1. The number of sulfonamides is 1. The van der Waals surface area contributed by atoms with Gasteiger partial charge in [0.05, 0.1) is 23.2 Å². The van der Waals surface area contributed by atoms with E-state index in [0.29, 0.717) is 21.3 Å². The number of aromatic nitrogens is 4. The number of nitrogens with zero attached hydrogens (tertiary/aromatic N) is 4. The molecule has 5 rings (SSSR count). The van der Waals surface area contributed by atoms with Crippen LogP contribution in [0.4, 0.5) is 22.0 Å². The summed E-state index contributed by atoms with van der Waals surface area (Å²) in [5.41, 5.74) is -2.75. The molecule has 0 bridgehead atoms. The predicted molar refractivity (Wildman–Crippen MR) is 124 cm³/mol. The molecule has 0 fully saturated rings. The van der Waals surface area contributed by atoms with Crippen LogP contribution in [-0.4, -0.2) is 37.5 Å². The molecular weight excluding hydrogens is 628 g/mol. The van der Waals surface area contributed by atoms with Crippen LogP contribution < -0.4 is 10.4 Å². The molecule has 1 aromatic carbocycles. The van der Waals surface area contributed by atoms with Crippen LogP contribution in [0.15, 0.2) is 33.7 Å². The van der Waals surface area contributed by atoms with Gasteiger partial charge in [-0.25, -0.2) is 35.7 Å². The summed E-state index contributed by atoms with van der Waals surface area (Å²) in [6.07, 6.45) is 0.749. The number of hydrogen-bond acceptors (Lipinski definition) is 6. The number of fused-ring (bicyclic) bond motifs is 2. The molecule has 3 aromatic heterocycles. The van der Waals surface area contributed by atoms with Gasteiger partial charge in [0.2, 0.25) is 10.0 Å². The van der Waals surface area contributed by atoms with Crippen LogP contribution in [0.5, 0.6) is 0 Å². The second-order valence-electron chi connectivity index (χ2n) is 8.03. The van der Waals surface area contributed by atoms with Gasteiger partial charge in [0.1, 0.15) is 32.9 Å². The Morgan fingerprint density at radius 1 is 1.22 bits per heavy atom. The Morgan fingerprint density at radius 2 is 1.89 bits per heavy atom. The zero-order chi connectivity index (χ0) is 26.2. The topological polar surface area (TPSA) is 112 Å². The van der Waals surface area contributed by atoms with Crippen LogP contribution in [0.25, 0.3) is 28.0 Å². The van der Waals surface area contributed by atoms with Crippen molar-refractivity contribution in [2.75, 3.05) is 3.76 Å². The maximum absolute atomic E-state index is 15.1. The molecule has 190 valence electrons. The quantitative estimate of drug-likeness (QED) is 0.203. The molecule has 0 spiro atoms. The van der Waals surface area contributed by atoms with E-state index < -0.39 is 66.7 Å². The average Bonchev–Trinajstić information content (AvgIpc) is 3.40. The first-order valence-corrected chi connectivity index (χ1v) is 13.2. The zero-order valence-electron chi connectivity index (χ0n) is 17.9. The molecule has 16 heteroatoms. The number of benzene rings is 1. The molecule has 0 amide bonds. The third-order valence-corrected chi connectivity index (χ3v) is 9.02. The summed E-state index contributed by atoms with van der Waals surface area (Å²) in [7, 11) is -4.02. The van der Waals surface area contributed by atoms with Crippen molar-refractivity contribution in [2.45, 2.75) is 25.4 Å². The van der Waals surface area contributed by atoms with E-state index in [4.69, 9.17) is 4.52 Å². The van der Waals surface area contributed by atoms with Gasteiger partial charge in [0, 0.05) is 30.1 Å². The summed E-state index contributed by atoms with van der Waals surface area (Å²) in [5.74, 6) is -7.90. The van der Waals surface area contributed by atoms with Crippen molar-refractivity contribution in [3.05, 3.63) is 63.7 Å². The Hall–Kier alpha value is -2.86. The highest BCUT2D eigenvalue weighted by Crippen LogP contribution is 2.39. The standard InChI is InChI=1S/C20H13F5IN5O4S/c1-8-2-12-16(17(27-8)15-10(22)3-9(21)4-11(15)23)18(28-35-12)31-6-14-20(24,25)13(5-30(14)19(31)32)29-36(33,34)7-26/h2-4,6,13,29H,5,7H2,1H3/t13-/m1/s1.